The van der Waals surface area contributed by atoms with E-state index in [9.17, 15) is 4.79 Å². The zero-order chi connectivity index (χ0) is 30.7. The summed E-state index contributed by atoms with van der Waals surface area (Å²) in [6.07, 6.45) is -0.593. The molecular formula is C38H41NO6. The second-order valence-corrected chi connectivity index (χ2v) is 11.7. The van der Waals surface area contributed by atoms with Crippen molar-refractivity contribution in [3.05, 3.63) is 144 Å². The highest BCUT2D eigenvalue weighted by molar-refractivity contribution is 5.77. The molecule has 0 aromatic heterocycles. The molecule has 6 rings (SSSR count). The van der Waals surface area contributed by atoms with Crippen molar-refractivity contribution in [2.24, 2.45) is 0 Å². The van der Waals surface area contributed by atoms with Crippen LogP contribution >= 0.6 is 0 Å². The summed E-state index contributed by atoms with van der Waals surface area (Å²) in [5.41, 5.74) is 3.06. The molecule has 0 unspecified atom stereocenters. The Kier molecular flexibility index (Phi) is 10.7. The molecule has 5 atom stereocenters. The molecule has 2 fully saturated rings. The van der Waals surface area contributed by atoms with Crippen molar-refractivity contribution in [2.75, 3.05) is 6.61 Å². The Balaban J connectivity index is 1.33. The first kappa shape index (κ1) is 31.1. The second-order valence-electron chi connectivity index (χ2n) is 11.7. The lowest BCUT2D eigenvalue weighted by Crippen LogP contribution is -2.73. The summed E-state index contributed by atoms with van der Waals surface area (Å²) in [6, 6.07) is 40.2. The van der Waals surface area contributed by atoms with E-state index >= 15 is 0 Å². The molecule has 45 heavy (non-hydrogen) atoms. The van der Waals surface area contributed by atoms with E-state index < -0.39 is 30.1 Å². The van der Waals surface area contributed by atoms with Gasteiger partial charge in [-0.1, -0.05) is 121 Å². The fraction of sp³-hybridized carbons (Fsp3) is 0.342. The lowest BCUT2D eigenvalue weighted by Gasteiger charge is -2.54. The number of hydrogen-bond acceptors (Lipinski definition) is 6. The van der Waals surface area contributed by atoms with Gasteiger partial charge in [-0.05, 0) is 35.1 Å². The number of piperidine rings is 1. The Labute approximate surface area is 265 Å². The third kappa shape index (κ3) is 8.25. The highest BCUT2D eigenvalue weighted by Crippen LogP contribution is 2.40. The van der Waals surface area contributed by atoms with Crippen LogP contribution in [-0.2, 0) is 54.9 Å². The lowest BCUT2D eigenvalue weighted by atomic mass is 9.84. The number of hydrogen-bond donors (Lipinski definition) is 1. The molecule has 7 nitrogen and oxygen atoms in total. The Morgan fingerprint density at radius 3 is 1.60 bits per heavy atom. The van der Waals surface area contributed by atoms with Crippen LogP contribution in [0.5, 0.6) is 0 Å². The van der Waals surface area contributed by atoms with Gasteiger partial charge in [-0.3, -0.25) is 4.79 Å². The monoisotopic (exact) mass is 607 g/mol. The molecule has 4 aromatic rings. The van der Waals surface area contributed by atoms with Gasteiger partial charge in [-0.25, -0.2) is 0 Å². The van der Waals surface area contributed by atoms with Gasteiger partial charge < -0.3 is 29.0 Å². The van der Waals surface area contributed by atoms with Gasteiger partial charge in [0.2, 0.25) is 5.91 Å². The van der Waals surface area contributed by atoms with Crippen molar-refractivity contribution in [2.45, 2.75) is 75.8 Å². The number of amides is 1. The van der Waals surface area contributed by atoms with Crippen LogP contribution in [0.25, 0.3) is 0 Å². The van der Waals surface area contributed by atoms with Crippen LogP contribution in [-0.4, -0.2) is 42.7 Å². The minimum Gasteiger partial charge on any atom is -0.374 e. The summed E-state index contributed by atoms with van der Waals surface area (Å²) in [7, 11) is 0. The molecule has 2 heterocycles. The maximum Gasteiger partial charge on any atom is 0.222 e. The van der Waals surface area contributed by atoms with Gasteiger partial charge in [-0.2, -0.15) is 0 Å². The van der Waals surface area contributed by atoms with Gasteiger partial charge in [0.1, 0.15) is 24.4 Å². The SMILES string of the molecule is O=C1CCC[C@]2(N1)O[C@H](COCc1ccccc1)[C@@H](OCc1ccccc1)[C@H](OCc1ccccc1)[C@H]2OCc1ccccc1. The van der Waals surface area contributed by atoms with Gasteiger partial charge in [-0.15, -0.1) is 0 Å². The van der Waals surface area contributed by atoms with E-state index in [1.165, 1.54) is 0 Å². The summed E-state index contributed by atoms with van der Waals surface area (Å²) < 4.78 is 33.4. The molecule has 0 aliphatic carbocycles. The molecule has 0 bridgehead atoms. The number of ether oxygens (including phenoxy) is 5. The zero-order valence-electron chi connectivity index (χ0n) is 25.5. The van der Waals surface area contributed by atoms with Crippen LogP contribution in [0.15, 0.2) is 121 Å². The molecule has 1 spiro atoms. The highest BCUT2D eigenvalue weighted by atomic mass is 16.6. The largest absolute Gasteiger partial charge is 0.374 e. The maximum absolute atomic E-state index is 13.0. The van der Waals surface area contributed by atoms with Crippen molar-refractivity contribution < 1.29 is 28.5 Å². The Hall–Kier alpha value is -3.85. The van der Waals surface area contributed by atoms with Gasteiger partial charge in [0.25, 0.3) is 0 Å². The average molecular weight is 608 g/mol. The molecule has 0 saturated carbocycles. The number of nitrogens with one attached hydrogen (secondary N) is 1. The minimum absolute atomic E-state index is 0.0658. The normalized spacial score (nSPS) is 24.8. The maximum atomic E-state index is 13.0. The van der Waals surface area contributed by atoms with E-state index in [-0.39, 0.29) is 12.5 Å². The van der Waals surface area contributed by atoms with Gasteiger partial charge in [0, 0.05) is 6.42 Å². The minimum atomic E-state index is -1.10. The number of carbonyl (C=O) groups is 1. The van der Waals surface area contributed by atoms with E-state index in [1.807, 2.05) is 121 Å². The highest BCUT2D eigenvalue weighted by Gasteiger charge is 2.58. The predicted molar refractivity (Wildman–Crippen MR) is 171 cm³/mol. The third-order valence-electron chi connectivity index (χ3n) is 8.35. The van der Waals surface area contributed by atoms with Crippen LogP contribution in [0.3, 0.4) is 0 Å². The first-order valence-electron chi connectivity index (χ1n) is 15.8. The molecule has 2 saturated heterocycles. The van der Waals surface area contributed by atoms with Crippen molar-refractivity contribution in [1.82, 2.24) is 5.32 Å². The van der Waals surface area contributed by atoms with Crippen molar-refractivity contribution in [1.29, 1.82) is 0 Å². The number of benzene rings is 4. The first-order valence-corrected chi connectivity index (χ1v) is 15.8. The lowest BCUT2D eigenvalue weighted by molar-refractivity contribution is -0.318. The van der Waals surface area contributed by atoms with Crippen molar-refractivity contribution in [3.8, 4) is 0 Å². The topological polar surface area (TPSA) is 75.3 Å². The summed E-state index contributed by atoms with van der Waals surface area (Å²) in [4.78, 5) is 13.0. The molecule has 2 aliphatic heterocycles. The quantitative estimate of drug-likeness (QED) is 0.191. The Bertz CT molecular complexity index is 1460. The number of rotatable bonds is 13. The fourth-order valence-corrected chi connectivity index (χ4v) is 6.13. The summed E-state index contributed by atoms with van der Waals surface area (Å²) >= 11 is 0. The summed E-state index contributed by atoms with van der Waals surface area (Å²) in [5.74, 6) is -0.0658. The van der Waals surface area contributed by atoms with Crippen LogP contribution in [0, 0.1) is 0 Å². The van der Waals surface area contributed by atoms with Gasteiger partial charge in [0.05, 0.1) is 33.0 Å². The standard InChI is InChI=1S/C38H41NO6/c40-34-22-13-23-38(39-34)37(44-27-32-20-11-4-12-21-32)36(43-26-31-18-9-3-10-19-31)35(42-25-30-16-7-2-8-17-30)33(45-38)28-41-24-29-14-5-1-6-15-29/h1-12,14-21,33,35-37H,13,22-28H2,(H,39,40)/t33-,35-,36+,37-,38+/m1/s1. The van der Waals surface area contributed by atoms with E-state index in [0.29, 0.717) is 45.7 Å². The molecule has 2 aliphatic rings. The number of carbonyl (C=O) groups excluding carboxylic acids is 1. The molecule has 234 valence electrons. The molecule has 1 N–H and O–H groups in total. The van der Waals surface area contributed by atoms with Crippen molar-refractivity contribution >= 4 is 5.91 Å². The molecule has 7 heteroatoms. The summed E-state index contributed by atoms with van der Waals surface area (Å²) in [5, 5.41) is 3.20. The van der Waals surface area contributed by atoms with Crippen LogP contribution in [0.4, 0.5) is 0 Å². The molecular weight excluding hydrogens is 566 g/mol. The van der Waals surface area contributed by atoms with Crippen LogP contribution in [0.2, 0.25) is 0 Å². The average Bonchev–Trinajstić information content (AvgIpc) is 3.08. The van der Waals surface area contributed by atoms with E-state index in [2.05, 4.69) is 5.32 Å². The first-order chi connectivity index (χ1) is 22.2. The molecule has 1 amide bonds. The summed E-state index contributed by atoms with van der Waals surface area (Å²) in [6.45, 7) is 1.72. The second kappa shape index (κ2) is 15.4. The molecule has 0 radical (unpaired) electrons. The zero-order valence-corrected chi connectivity index (χ0v) is 25.5. The van der Waals surface area contributed by atoms with E-state index in [4.69, 9.17) is 23.7 Å². The van der Waals surface area contributed by atoms with Gasteiger partial charge >= 0.3 is 0 Å². The van der Waals surface area contributed by atoms with Crippen molar-refractivity contribution in [3.63, 3.8) is 0 Å². The Morgan fingerprint density at radius 1 is 0.622 bits per heavy atom. The van der Waals surface area contributed by atoms with Gasteiger partial charge in [0.15, 0.2) is 5.72 Å². The third-order valence-corrected chi connectivity index (χ3v) is 8.35. The smallest absolute Gasteiger partial charge is 0.222 e. The fourth-order valence-electron chi connectivity index (χ4n) is 6.13. The molecule has 4 aromatic carbocycles. The van der Waals surface area contributed by atoms with Crippen LogP contribution < -0.4 is 5.32 Å². The van der Waals surface area contributed by atoms with E-state index in [1.54, 1.807) is 0 Å². The van der Waals surface area contributed by atoms with E-state index in [0.717, 1.165) is 22.3 Å². The predicted octanol–water partition coefficient (Wildman–Crippen LogP) is 6.35. The van der Waals surface area contributed by atoms with Crippen LogP contribution in [0.1, 0.15) is 41.5 Å². The Morgan fingerprint density at radius 2 is 1.09 bits per heavy atom.